The molecule has 2 N–H and O–H groups in total. The third kappa shape index (κ3) is 2.68. The molecule has 5 nitrogen and oxygen atoms in total. The number of hydrogen-bond donors (Lipinski definition) is 2. The van der Waals surface area contributed by atoms with Crippen molar-refractivity contribution in [2.45, 2.75) is 6.10 Å². The zero-order valence-corrected chi connectivity index (χ0v) is 10.4. The Morgan fingerprint density at radius 1 is 1.44 bits per heavy atom. The minimum atomic E-state index is -0.303. The maximum atomic E-state index is 12.2. The number of carbonyl (C=O) groups is 1. The lowest BCUT2D eigenvalue weighted by Gasteiger charge is -2.32. The molecule has 1 aromatic carbocycles. The molecule has 1 atom stereocenters. The smallest absolute Gasteiger partial charge is 0.254 e. The number of amides is 1. The first-order valence-electron chi connectivity index (χ1n) is 5.60. The Morgan fingerprint density at radius 2 is 2.22 bits per heavy atom. The summed E-state index contributed by atoms with van der Waals surface area (Å²) in [5, 5.41) is 18.6. The van der Waals surface area contributed by atoms with Crippen LogP contribution in [0.3, 0.4) is 0 Å². The van der Waals surface area contributed by atoms with Crippen LogP contribution < -0.4 is 0 Å². The number of ether oxygens (including phenoxy) is 1. The van der Waals surface area contributed by atoms with Crippen molar-refractivity contribution in [2.75, 3.05) is 25.6 Å². The summed E-state index contributed by atoms with van der Waals surface area (Å²) in [6, 6.07) is 4.02. The van der Waals surface area contributed by atoms with Gasteiger partial charge in [-0.15, -0.1) is 11.6 Å². The summed E-state index contributed by atoms with van der Waals surface area (Å²) in [6.07, 6.45) is -0.157. The molecule has 1 fully saturated rings. The van der Waals surface area contributed by atoms with Crippen LogP contribution in [0.5, 0.6) is 11.5 Å². The summed E-state index contributed by atoms with van der Waals surface area (Å²) < 4.78 is 5.37. The van der Waals surface area contributed by atoms with E-state index in [1.165, 1.54) is 18.2 Å². The molecular weight excluding hydrogens is 258 g/mol. The summed E-state index contributed by atoms with van der Waals surface area (Å²) >= 11 is 5.71. The van der Waals surface area contributed by atoms with E-state index < -0.39 is 0 Å². The number of hydrogen-bond acceptors (Lipinski definition) is 4. The number of phenolic OH excluding ortho intramolecular Hbond substituents is 2. The summed E-state index contributed by atoms with van der Waals surface area (Å²) in [5.74, 6) is -0.413. The van der Waals surface area contributed by atoms with Crippen LogP contribution >= 0.6 is 11.6 Å². The van der Waals surface area contributed by atoms with Crippen LogP contribution in [0.1, 0.15) is 10.4 Å². The topological polar surface area (TPSA) is 70.0 Å². The second-order valence-corrected chi connectivity index (χ2v) is 4.41. The van der Waals surface area contributed by atoms with Crippen LogP contribution in [0.25, 0.3) is 0 Å². The molecular formula is C12H14ClNO4. The number of morpholine rings is 1. The number of benzene rings is 1. The van der Waals surface area contributed by atoms with Crippen molar-refractivity contribution in [3.05, 3.63) is 23.8 Å². The number of nitrogens with zero attached hydrogens (tertiary/aromatic N) is 1. The van der Waals surface area contributed by atoms with Crippen molar-refractivity contribution < 1.29 is 19.7 Å². The molecule has 0 spiro atoms. The Bertz CT molecular complexity index is 452. The Hall–Kier alpha value is -1.46. The van der Waals surface area contributed by atoms with Crippen molar-refractivity contribution >= 4 is 17.5 Å². The van der Waals surface area contributed by atoms with Gasteiger partial charge in [0.05, 0.1) is 18.6 Å². The molecule has 1 aromatic rings. The van der Waals surface area contributed by atoms with Gasteiger partial charge in [-0.25, -0.2) is 0 Å². The standard InChI is InChI=1S/C12H14ClNO4/c13-6-9-7-14(3-4-18-9)12(17)8-1-2-10(15)11(16)5-8/h1-2,5,9,15-16H,3-4,6-7H2. The average molecular weight is 272 g/mol. The summed E-state index contributed by atoms with van der Waals surface area (Å²) in [4.78, 5) is 13.8. The van der Waals surface area contributed by atoms with Gasteiger partial charge in [0.25, 0.3) is 5.91 Å². The van der Waals surface area contributed by atoms with Gasteiger partial charge in [-0.05, 0) is 18.2 Å². The van der Waals surface area contributed by atoms with Crippen LogP contribution in [-0.2, 0) is 4.74 Å². The van der Waals surface area contributed by atoms with E-state index in [1.54, 1.807) is 4.90 Å². The number of halogens is 1. The summed E-state index contributed by atoms with van der Waals surface area (Å²) in [6.45, 7) is 1.38. The number of carbonyl (C=O) groups excluding carboxylic acids is 1. The second kappa shape index (κ2) is 5.46. The van der Waals surface area contributed by atoms with Crippen molar-refractivity contribution in [1.29, 1.82) is 0 Å². The Morgan fingerprint density at radius 3 is 2.89 bits per heavy atom. The molecule has 0 aliphatic carbocycles. The minimum Gasteiger partial charge on any atom is -0.504 e. The van der Waals surface area contributed by atoms with Crippen LogP contribution in [0, 0.1) is 0 Å². The first-order valence-corrected chi connectivity index (χ1v) is 6.14. The predicted molar refractivity (Wildman–Crippen MR) is 66.1 cm³/mol. The third-order valence-electron chi connectivity index (χ3n) is 2.82. The molecule has 0 radical (unpaired) electrons. The van der Waals surface area contributed by atoms with Gasteiger partial charge in [-0.3, -0.25) is 4.79 Å². The van der Waals surface area contributed by atoms with Gasteiger partial charge in [0.2, 0.25) is 0 Å². The van der Waals surface area contributed by atoms with E-state index in [4.69, 9.17) is 16.3 Å². The SMILES string of the molecule is O=C(c1ccc(O)c(O)c1)N1CCOC(CCl)C1. The molecule has 1 heterocycles. The van der Waals surface area contributed by atoms with E-state index in [0.29, 0.717) is 31.1 Å². The van der Waals surface area contributed by atoms with Crippen molar-refractivity contribution in [3.8, 4) is 11.5 Å². The average Bonchev–Trinajstić information content (AvgIpc) is 2.41. The van der Waals surface area contributed by atoms with E-state index in [-0.39, 0.29) is 23.5 Å². The van der Waals surface area contributed by atoms with Gasteiger partial charge in [0, 0.05) is 18.7 Å². The van der Waals surface area contributed by atoms with Crippen molar-refractivity contribution in [2.24, 2.45) is 0 Å². The Balaban J connectivity index is 2.12. The molecule has 1 saturated heterocycles. The lowest BCUT2D eigenvalue weighted by Crippen LogP contribution is -2.46. The molecule has 1 amide bonds. The molecule has 0 aromatic heterocycles. The van der Waals surface area contributed by atoms with Crippen molar-refractivity contribution in [1.82, 2.24) is 4.90 Å². The number of rotatable bonds is 2. The van der Waals surface area contributed by atoms with Gasteiger partial charge in [-0.1, -0.05) is 0 Å². The van der Waals surface area contributed by atoms with Crippen molar-refractivity contribution in [3.63, 3.8) is 0 Å². The molecule has 1 aliphatic heterocycles. The van der Waals surface area contributed by atoms with Crippen LogP contribution in [0.15, 0.2) is 18.2 Å². The van der Waals surface area contributed by atoms with Gasteiger partial charge in [0.1, 0.15) is 0 Å². The highest BCUT2D eigenvalue weighted by Gasteiger charge is 2.24. The van der Waals surface area contributed by atoms with E-state index in [9.17, 15) is 15.0 Å². The molecule has 0 bridgehead atoms. The zero-order chi connectivity index (χ0) is 13.1. The maximum Gasteiger partial charge on any atom is 0.254 e. The zero-order valence-electron chi connectivity index (χ0n) is 9.67. The fraction of sp³-hybridized carbons (Fsp3) is 0.417. The molecule has 6 heteroatoms. The van der Waals surface area contributed by atoms with E-state index in [0.717, 1.165) is 0 Å². The highest BCUT2D eigenvalue weighted by molar-refractivity contribution is 6.18. The first kappa shape index (κ1) is 13.0. The van der Waals surface area contributed by atoms with Crippen LogP contribution in [0.2, 0.25) is 0 Å². The van der Waals surface area contributed by atoms with Crippen LogP contribution in [-0.4, -0.2) is 52.7 Å². The molecule has 2 rings (SSSR count). The molecule has 0 saturated carbocycles. The number of aromatic hydroxyl groups is 2. The Kier molecular flexibility index (Phi) is 3.93. The summed E-state index contributed by atoms with van der Waals surface area (Å²) in [5.41, 5.74) is 0.334. The van der Waals surface area contributed by atoms with E-state index >= 15 is 0 Å². The number of alkyl halides is 1. The molecule has 98 valence electrons. The highest BCUT2D eigenvalue weighted by atomic mass is 35.5. The predicted octanol–water partition coefficient (Wildman–Crippen LogP) is 1.18. The maximum absolute atomic E-state index is 12.2. The lowest BCUT2D eigenvalue weighted by molar-refractivity contribution is -0.0108. The quantitative estimate of drug-likeness (QED) is 0.626. The highest BCUT2D eigenvalue weighted by Crippen LogP contribution is 2.25. The minimum absolute atomic E-state index is 0.157. The van der Waals surface area contributed by atoms with E-state index in [1.807, 2.05) is 0 Å². The summed E-state index contributed by atoms with van der Waals surface area (Å²) in [7, 11) is 0. The fourth-order valence-corrected chi connectivity index (χ4v) is 2.02. The van der Waals surface area contributed by atoms with Gasteiger partial charge >= 0.3 is 0 Å². The van der Waals surface area contributed by atoms with Gasteiger partial charge in [-0.2, -0.15) is 0 Å². The lowest BCUT2D eigenvalue weighted by atomic mass is 10.1. The third-order valence-corrected chi connectivity index (χ3v) is 3.16. The normalized spacial score (nSPS) is 19.8. The number of phenols is 2. The van der Waals surface area contributed by atoms with Gasteiger partial charge in [0.15, 0.2) is 11.5 Å². The van der Waals surface area contributed by atoms with Crippen LogP contribution in [0.4, 0.5) is 0 Å². The molecule has 1 aliphatic rings. The van der Waals surface area contributed by atoms with E-state index in [2.05, 4.69) is 0 Å². The molecule has 18 heavy (non-hydrogen) atoms. The molecule has 1 unspecified atom stereocenters. The Labute approximate surface area is 110 Å². The first-order chi connectivity index (χ1) is 8.61. The van der Waals surface area contributed by atoms with Gasteiger partial charge < -0.3 is 19.8 Å². The monoisotopic (exact) mass is 271 g/mol. The second-order valence-electron chi connectivity index (χ2n) is 4.10. The fourth-order valence-electron chi connectivity index (χ4n) is 1.84. The largest absolute Gasteiger partial charge is 0.504 e.